The van der Waals surface area contributed by atoms with E-state index in [9.17, 15) is 9.90 Å². The maximum atomic E-state index is 11.4. The first-order valence-electron chi connectivity index (χ1n) is 8.93. The van der Waals surface area contributed by atoms with E-state index in [2.05, 4.69) is 4.98 Å². The van der Waals surface area contributed by atoms with Crippen LogP contribution < -0.4 is 5.46 Å². The Balaban J connectivity index is 1.64. The van der Waals surface area contributed by atoms with Crippen LogP contribution in [0.15, 0.2) is 22.6 Å². The number of aromatic nitrogens is 1. The van der Waals surface area contributed by atoms with Gasteiger partial charge in [-0.15, -0.1) is 0 Å². The van der Waals surface area contributed by atoms with Gasteiger partial charge in [-0.25, -0.2) is 9.78 Å². The molecule has 2 saturated heterocycles. The first-order chi connectivity index (χ1) is 12.2. The summed E-state index contributed by atoms with van der Waals surface area (Å²) >= 11 is 0. The summed E-state index contributed by atoms with van der Waals surface area (Å²) in [6.45, 7) is 8.57. The van der Waals surface area contributed by atoms with Crippen molar-refractivity contribution in [3.05, 3.63) is 24.1 Å². The number of amides is 1. The number of nitrogens with zero attached hydrogens (tertiary/aromatic N) is 2. The second kappa shape index (κ2) is 5.72. The van der Waals surface area contributed by atoms with Crippen molar-refractivity contribution < 1.29 is 23.6 Å². The van der Waals surface area contributed by atoms with Gasteiger partial charge in [0.2, 0.25) is 5.89 Å². The smallest absolute Gasteiger partial charge is 0.465 e. The van der Waals surface area contributed by atoms with Crippen LogP contribution >= 0.6 is 0 Å². The highest BCUT2D eigenvalue weighted by atomic mass is 16.7. The van der Waals surface area contributed by atoms with Gasteiger partial charge >= 0.3 is 13.2 Å². The zero-order valence-electron chi connectivity index (χ0n) is 15.5. The molecule has 0 saturated carbocycles. The van der Waals surface area contributed by atoms with Gasteiger partial charge in [-0.05, 0) is 58.1 Å². The Hall–Kier alpha value is -2.06. The fraction of sp³-hybridized carbons (Fsp3) is 0.556. The molecule has 1 aromatic heterocycles. The maximum absolute atomic E-state index is 11.4. The number of benzene rings is 1. The summed E-state index contributed by atoms with van der Waals surface area (Å²) in [7, 11) is -0.466. The highest BCUT2D eigenvalue weighted by molar-refractivity contribution is 6.62. The topological polar surface area (TPSA) is 85.0 Å². The summed E-state index contributed by atoms with van der Waals surface area (Å²) in [5.41, 5.74) is 1.38. The minimum atomic E-state index is -0.937. The highest BCUT2D eigenvalue weighted by Gasteiger charge is 2.51. The molecule has 1 atom stereocenters. The third-order valence-corrected chi connectivity index (χ3v) is 5.74. The van der Waals surface area contributed by atoms with E-state index in [0.29, 0.717) is 23.5 Å². The van der Waals surface area contributed by atoms with E-state index in [4.69, 9.17) is 13.7 Å². The van der Waals surface area contributed by atoms with Crippen molar-refractivity contribution in [3.8, 4) is 0 Å². The van der Waals surface area contributed by atoms with E-state index >= 15 is 0 Å². The van der Waals surface area contributed by atoms with Crippen molar-refractivity contribution in [2.75, 3.05) is 6.54 Å². The Labute approximate surface area is 152 Å². The van der Waals surface area contributed by atoms with E-state index in [-0.39, 0.29) is 6.04 Å². The third kappa shape index (κ3) is 2.68. The maximum Gasteiger partial charge on any atom is 0.494 e. The fourth-order valence-electron chi connectivity index (χ4n) is 3.48. The number of rotatable bonds is 2. The number of carboxylic acid groups (broad SMARTS) is 1. The second-order valence-corrected chi connectivity index (χ2v) is 8.00. The van der Waals surface area contributed by atoms with Crippen molar-refractivity contribution >= 4 is 29.8 Å². The summed E-state index contributed by atoms with van der Waals surface area (Å²) in [5, 5.41) is 9.33. The van der Waals surface area contributed by atoms with Gasteiger partial charge in [-0.1, -0.05) is 6.07 Å². The first-order valence-corrected chi connectivity index (χ1v) is 8.93. The van der Waals surface area contributed by atoms with Gasteiger partial charge in [0, 0.05) is 6.54 Å². The van der Waals surface area contributed by atoms with Crippen LogP contribution in [0.2, 0.25) is 0 Å². The lowest BCUT2D eigenvalue weighted by Gasteiger charge is -2.32. The summed E-state index contributed by atoms with van der Waals surface area (Å²) in [4.78, 5) is 17.3. The first kappa shape index (κ1) is 17.4. The number of oxazole rings is 1. The molecule has 2 fully saturated rings. The average Bonchev–Trinajstić information content (AvgIpc) is 3.23. The Morgan fingerprint density at radius 3 is 2.62 bits per heavy atom. The predicted octanol–water partition coefficient (Wildman–Crippen LogP) is 2.94. The molecule has 0 aliphatic carbocycles. The molecule has 0 spiro atoms. The largest absolute Gasteiger partial charge is 0.494 e. The summed E-state index contributed by atoms with van der Waals surface area (Å²) in [6, 6.07) is 5.32. The Bertz CT molecular complexity index is 846. The molecule has 26 heavy (non-hydrogen) atoms. The lowest BCUT2D eigenvalue weighted by atomic mass is 9.79. The van der Waals surface area contributed by atoms with Gasteiger partial charge < -0.3 is 18.8 Å². The van der Waals surface area contributed by atoms with Crippen LogP contribution in [0.3, 0.4) is 0 Å². The highest BCUT2D eigenvalue weighted by Crippen LogP contribution is 2.37. The van der Waals surface area contributed by atoms with Crippen molar-refractivity contribution in [1.29, 1.82) is 0 Å². The molecular formula is C18H23BN2O5. The van der Waals surface area contributed by atoms with Gasteiger partial charge in [0.15, 0.2) is 5.58 Å². The molecule has 1 amide bonds. The minimum Gasteiger partial charge on any atom is -0.465 e. The van der Waals surface area contributed by atoms with E-state index < -0.39 is 24.4 Å². The summed E-state index contributed by atoms with van der Waals surface area (Å²) < 4.78 is 18.0. The molecule has 2 aromatic rings. The summed E-state index contributed by atoms with van der Waals surface area (Å²) in [5.74, 6) is 0.450. The molecule has 0 bridgehead atoms. The molecule has 2 aliphatic rings. The van der Waals surface area contributed by atoms with Crippen LogP contribution in [0, 0.1) is 0 Å². The molecule has 4 rings (SSSR count). The number of fused-ring (bicyclic) bond motifs is 1. The molecule has 138 valence electrons. The minimum absolute atomic E-state index is 0.319. The van der Waals surface area contributed by atoms with Gasteiger partial charge in [0.1, 0.15) is 11.6 Å². The van der Waals surface area contributed by atoms with Gasteiger partial charge in [0.25, 0.3) is 0 Å². The Kier molecular flexibility index (Phi) is 3.82. The molecule has 7 nitrogen and oxygen atoms in total. The molecule has 1 aromatic carbocycles. The van der Waals surface area contributed by atoms with Crippen LogP contribution in [0.1, 0.15) is 52.5 Å². The fourth-order valence-corrected chi connectivity index (χ4v) is 3.48. The second-order valence-electron chi connectivity index (χ2n) is 8.00. The van der Waals surface area contributed by atoms with Crippen molar-refractivity contribution in [2.45, 2.75) is 57.8 Å². The number of carbonyl (C=O) groups is 1. The van der Waals surface area contributed by atoms with Gasteiger partial charge in [0.05, 0.1) is 11.2 Å². The molecule has 8 heteroatoms. The lowest BCUT2D eigenvalue weighted by molar-refractivity contribution is 0.00578. The standard InChI is InChI=1S/C18H23BN2O5/c1-17(2)18(3,4)26-19(25-17)11-7-8-14-12(10-11)20-15(24-14)13-6-5-9-21(13)16(22)23/h7-8,10,13H,5-6,9H2,1-4H3,(H,22,23)/t13-/m0/s1. The number of likely N-dealkylation sites (tertiary alicyclic amines) is 1. The van der Waals surface area contributed by atoms with Crippen LogP contribution in [-0.4, -0.2) is 45.9 Å². The van der Waals surface area contributed by atoms with Gasteiger partial charge in [-0.3, -0.25) is 4.90 Å². The molecular weight excluding hydrogens is 335 g/mol. The molecule has 2 aliphatic heterocycles. The summed E-state index contributed by atoms with van der Waals surface area (Å²) in [6.07, 6.45) is 0.602. The van der Waals surface area contributed by atoms with Crippen molar-refractivity contribution in [1.82, 2.24) is 9.88 Å². The molecule has 3 heterocycles. The van der Waals surface area contributed by atoms with E-state index in [1.807, 2.05) is 45.9 Å². The Morgan fingerprint density at radius 1 is 1.27 bits per heavy atom. The molecule has 0 unspecified atom stereocenters. The normalized spacial score (nSPS) is 24.5. The number of hydrogen-bond donors (Lipinski definition) is 1. The average molecular weight is 358 g/mol. The van der Waals surface area contributed by atoms with E-state index in [0.717, 1.165) is 18.3 Å². The zero-order valence-corrected chi connectivity index (χ0v) is 15.5. The van der Waals surface area contributed by atoms with E-state index in [1.54, 1.807) is 0 Å². The predicted molar refractivity (Wildman–Crippen MR) is 96.4 cm³/mol. The lowest BCUT2D eigenvalue weighted by Crippen LogP contribution is -2.41. The van der Waals surface area contributed by atoms with Crippen LogP contribution in [0.25, 0.3) is 11.1 Å². The molecule has 1 N–H and O–H groups in total. The Morgan fingerprint density at radius 2 is 1.96 bits per heavy atom. The van der Waals surface area contributed by atoms with Crippen LogP contribution in [0.5, 0.6) is 0 Å². The third-order valence-electron chi connectivity index (χ3n) is 5.74. The van der Waals surface area contributed by atoms with Crippen LogP contribution in [0.4, 0.5) is 4.79 Å². The van der Waals surface area contributed by atoms with E-state index in [1.165, 1.54) is 4.90 Å². The SMILES string of the molecule is CC1(C)OB(c2ccc3oc([C@@H]4CCCN4C(=O)O)nc3c2)OC1(C)C. The monoisotopic (exact) mass is 358 g/mol. The van der Waals surface area contributed by atoms with Gasteiger partial charge in [-0.2, -0.15) is 0 Å². The van der Waals surface area contributed by atoms with Crippen LogP contribution in [-0.2, 0) is 9.31 Å². The molecule has 0 radical (unpaired) electrons. The zero-order chi connectivity index (χ0) is 18.7. The number of hydrogen-bond acceptors (Lipinski definition) is 5. The van der Waals surface area contributed by atoms with Crippen molar-refractivity contribution in [3.63, 3.8) is 0 Å². The van der Waals surface area contributed by atoms with Crippen molar-refractivity contribution in [2.24, 2.45) is 0 Å². The quantitative estimate of drug-likeness (QED) is 0.831.